The summed E-state index contributed by atoms with van der Waals surface area (Å²) in [5.41, 5.74) is 1.89. The number of benzene rings is 3. The van der Waals surface area contributed by atoms with Crippen LogP contribution in [0.3, 0.4) is 0 Å². The number of rotatable bonds is 6. The summed E-state index contributed by atoms with van der Waals surface area (Å²) in [5, 5.41) is 5.17. The molecule has 3 aromatic carbocycles. The van der Waals surface area contributed by atoms with Gasteiger partial charge in [0.1, 0.15) is 5.75 Å². The topological polar surface area (TPSA) is 44.8 Å². The molecule has 0 aliphatic carbocycles. The Balaban J connectivity index is 1.28. The monoisotopic (exact) mass is 389 g/mol. The zero-order valence-corrected chi connectivity index (χ0v) is 16.8. The molecule has 5 heteroatoms. The number of hydrogen-bond donors (Lipinski definition) is 1. The lowest BCUT2D eigenvalue weighted by Gasteiger charge is -2.36. The summed E-state index contributed by atoms with van der Waals surface area (Å²) in [4.78, 5) is 17.4. The maximum Gasteiger partial charge on any atom is 0.251 e. The van der Waals surface area contributed by atoms with E-state index in [0.29, 0.717) is 6.54 Å². The predicted molar refractivity (Wildman–Crippen MR) is 118 cm³/mol. The Bertz CT molecular complexity index is 975. The molecule has 4 rings (SSSR count). The second-order valence-corrected chi connectivity index (χ2v) is 7.28. The molecular formula is C24H27N3O2. The first-order valence-electron chi connectivity index (χ1n) is 10.1. The summed E-state index contributed by atoms with van der Waals surface area (Å²) >= 11 is 0. The van der Waals surface area contributed by atoms with Gasteiger partial charge in [-0.25, -0.2) is 0 Å². The standard InChI is InChI=1S/C24H27N3O2/c1-29-23-12-5-4-11-22(23)27-17-15-26(16-18-27)14-13-25-24(28)21-10-6-8-19-7-2-3-9-20(19)21/h2-12H,13-18H2,1H3,(H,25,28). The summed E-state index contributed by atoms with van der Waals surface area (Å²) in [5.74, 6) is 0.915. The van der Waals surface area contributed by atoms with E-state index in [1.165, 1.54) is 0 Å². The Morgan fingerprint density at radius 1 is 0.931 bits per heavy atom. The van der Waals surface area contributed by atoms with Crippen LogP contribution >= 0.6 is 0 Å². The molecule has 1 amide bonds. The number of nitrogens with zero attached hydrogens (tertiary/aromatic N) is 2. The fraction of sp³-hybridized carbons (Fsp3) is 0.292. The van der Waals surface area contributed by atoms with Crippen molar-refractivity contribution in [3.8, 4) is 5.75 Å². The minimum absolute atomic E-state index is 0.00513. The lowest BCUT2D eigenvalue weighted by Crippen LogP contribution is -2.48. The summed E-state index contributed by atoms with van der Waals surface area (Å²) in [6.45, 7) is 5.37. The zero-order chi connectivity index (χ0) is 20.1. The van der Waals surface area contributed by atoms with Crippen molar-refractivity contribution in [2.45, 2.75) is 0 Å². The molecule has 3 aromatic rings. The molecule has 0 unspecified atom stereocenters. The molecule has 1 aliphatic heterocycles. The minimum atomic E-state index is -0.00513. The van der Waals surface area contributed by atoms with Crippen molar-refractivity contribution in [1.29, 1.82) is 0 Å². The van der Waals surface area contributed by atoms with Gasteiger partial charge in [0, 0.05) is 44.8 Å². The number of para-hydroxylation sites is 2. The third kappa shape index (κ3) is 4.35. The lowest BCUT2D eigenvalue weighted by molar-refractivity contribution is 0.0949. The SMILES string of the molecule is COc1ccccc1N1CCN(CCNC(=O)c2cccc3ccccc23)CC1. The average molecular weight is 389 g/mol. The van der Waals surface area contributed by atoms with Gasteiger partial charge in [0.2, 0.25) is 0 Å². The van der Waals surface area contributed by atoms with Crippen molar-refractivity contribution in [2.24, 2.45) is 0 Å². The van der Waals surface area contributed by atoms with E-state index in [1.807, 2.05) is 60.7 Å². The number of fused-ring (bicyclic) bond motifs is 1. The number of methoxy groups -OCH3 is 1. The number of carbonyl (C=O) groups is 1. The van der Waals surface area contributed by atoms with Crippen LogP contribution in [0.15, 0.2) is 66.7 Å². The molecule has 1 N–H and O–H groups in total. The highest BCUT2D eigenvalue weighted by Gasteiger charge is 2.19. The minimum Gasteiger partial charge on any atom is -0.495 e. The highest BCUT2D eigenvalue weighted by molar-refractivity contribution is 6.06. The maximum absolute atomic E-state index is 12.7. The van der Waals surface area contributed by atoms with Crippen LogP contribution < -0.4 is 15.0 Å². The van der Waals surface area contributed by atoms with E-state index >= 15 is 0 Å². The van der Waals surface area contributed by atoms with Gasteiger partial charge in [-0.05, 0) is 29.0 Å². The third-order valence-corrected chi connectivity index (χ3v) is 5.55. The number of hydrogen-bond acceptors (Lipinski definition) is 4. The van der Waals surface area contributed by atoms with Crippen molar-refractivity contribution in [2.75, 3.05) is 51.3 Å². The van der Waals surface area contributed by atoms with Gasteiger partial charge in [-0.2, -0.15) is 0 Å². The number of amides is 1. The number of carbonyl (C=O) groups excluding carboxylic acids is 1. The van der Waals surface area contributed by atoms with E-state index in [4.69, 9.17) is 4.74 Å². The molecule has 0 saturated carbocycles. The fourth-order valence-electron chi connectivity index (χ4n) is 3.95. The van der Waals surface area contributed by atoms with Crippen LogP contribution in [0.1, 0.15) is 10.4 Å². The molecule has 0 radical (unpaired) electrons. The van der Waals surface area contributed by atoms with Gasteiger partial charge in [0.05, 0.1) is 12.8 Å². The molecule has 1 fully saturated rings. The third-order valence-electron chi connectivity index (χ3n) is 5.55. The Kier molecular flexibility index (Phi) is 5.96. The van der Waals surface area contributed by atoms with Crippen LogP contribution in [-0.4, -0.2) is 57.2 Å². The second-order valence-electron chi connectivity index (χ2n) is 7.28. The summed E-state index contributed by atoms with van der Waals surface area (Å²) in [7, 11) is 1.72. The van der Waals surface area contributed by atoms with Gasteiger partial charge in [-0.15, -0.1) is 0 Å². The van der Waals surface area contributed by atoms with Crippen molar-refractivity contribution >= 4 is 22.4 Å². The Hall–Kier alpha value is -3.05. The maximum atomic E-state index is 12.7. The second kappa shape index (κ2) is 8.97. The molecule has 29 heavy (non-hydrogen) atoms. The molecule has 0 spiro atoms. The molecule has 5 nitrogen and oxygen atoms in total. The van der Waals surface area contributed by atoms with E-state index in [1.54, 1.807) is 7.11 Å². The largest absolute Gasteiger partial charge is 0.495 e. The van der Waals surface area contributed by atoms with Gasteiger partial charge in [0.25, 0.3) is 5.91 Å². The first-order chi connectivity index (χ1) is 14.3. The molecule has 1 saturated heterocycles. The van der Waals surface area contributed by atoms with Gasteiger partial charge < -0.3 is 15.0 Å². The molecule has 0 aromatic heterocycles. The summed E-state index contributed by atoms with van der Waals surface area (Å²) in [6.07, 6.45) is 0. The van der Waals surface area contributed by atoms with Gasteiger partial charge in [-0.1, -0.05) is 48.5 Å². The molecule has 1 aliphatic rings. The van der Waals surface area contributed by atoms with Crippen LogP contribution in [0.4, 0.5) is 5.69 Å². The van der Waals surface area contributed by atoms with Crippen LogP contribution in [0.2, 0.25) is 0 Å². The van der Waals surface area contributed by atoms with Gasteiger partial charge in [0.15, 0.2) is 0 Å². The van der Waals surface area contributed by atoms with Crippen LogP contribution in [0, 0.1) is 0 Å². The predicted octanol–water partition coefficient (Wildman–Crippen LogP) is 3.40. The fourth-order valence-corrected chi connectivity index (χ4v) is 3.95. The highest BCUT2D eigenvalue weighted by Crippen LogP contribution is 2.28. The lowest BCUT2D eigenvalue weighted by atomic mass is 10.0. The summed E-state index contributed by atoms with van der Waals surface area (Å²) in [6, 6.07) is 22.0. The smallest absolute Gasteiger partial charge is 0.251 e. The van der Waals surface area contributed by atoms with Crippen molar-refractivity contribution < 1.29 is 9.53 Å². The normalized spacial score (nSPS) is 14.7. The Labute approximate surface area is 171 Å². The van der Waals surface area contributed by atoms with E-state index in [0.717, 1.165) is 60.5 Å². The van der Waals surface area contributed by atoms with Crippen LogP contribution in [0.5, 0.6) is 5.75 Å². The van der Waals surface area contributed by atoms with Crippen molar-refractivity contribution in [3.05, 3.63) is 72.3 Å². The van der Waals surface area contributed by atoms with Crippen molar-refractivity contribution in [3.63, 3.8) is 0 Å². The van der Waals surface area contributed by atoms with Gasteiger partial charge in [-0.3, -0.25) is 9.69 Å². The molecule has 1 heterocycles. The van der Waals surface area contributed by atoms with E-state index in [9.17, 15) is 4.79 Å². The number of piperazine rings is 1. The quantitative estimate of drug-likeness (QED) is 0.702. The highest BCUT2D eigenvalue weighted by atomic mass is 16.5. The molecule has 150 valence electrons. The molecular weight excluding hydrogens is 362 g/mol. The molecule has 0 bridgehead atoms. The number of nitrogens with one attached hydrogen (secondary N) is 1. The first kappa shape index (κ1) is 19.3. The number of anilines is 1. The average Bonchev–Trinajstić information content (AvgIpc) is 2.79. The number of ether oxygens (including phenoxy) is 1. The van der Waals surface area contributed by atoms with Crippen LogP contribution in [0.25, 0.3) is 10.8 Å². The van der Waals surface area contributed by atoms with Crippen LogP contribution in [-0.2, 0) is 0 Å². The zero-order valence-electron chi connectivity index (χ0n) is 16.8. The Morgan fingerprint density at radius 3 is 2.48 bits per heavy atom. The Morgan fingerprint density at radius 2 is 1.66 bits per heavy atom. The van der Waals surface area contributed by atoms with Crippen molar-refractivity contribution in [1.82, 2.24) is 10.2 Å². The van der Waals surface area contributed by atoms with E-state index < -0.39 is 0 Å². The van der Waals surface area contributed by atoms with E-state index in [2.05, 4.69) is 21.2 Å². The van der Waals surface area contributed by atoms with E-state index in [-0.39, 0.29) is 5.91 Å². The first-order valence-corrected chi connectivity index (χ1v) is 10.1. The van der Waals surface area contributed by atoms with Gasteiger partial charge >= 0.3 is 0 Å². The molecule has 0 atom stereocenters. The summed E-state index contributed by atoms with van der Waals surface area (Å²) < 4.78 is 5.49.